The largest absolute Gasteiger partial charge is 0.347 e. The predicted octanol–water partition coefficient (Wildman–Crippen LogP) is -0.510. The highest BCUT2D eigenvalue weighted by molar-refractivity contribution is 5.96. The van der Waals surface area contributed by atoms with Crippen LogP contribution in [0.25, 0.3) is 0 Å². The summed E-state index contributed by atoms with van der Waals surface area (Å²) in [4.78, 5) is 41.4. The Morgan fingerprint density at radius 1 is 1.26 bits per heavy atom. The number of aromatic nitrogens is 2. The van der Waals surface area contributed by atoms with Crippen LogP contribution in [-0.4, -0.2) is 82.0 Å². The van der Waals surface area contributed by atoms with Crippen LogP contribution in [0.3, 0.4) is 0 Å². The number of likely N-dealkylation sites (N-methyl/N-ethyl adjacent to an activating group) is 1. The Labute approximate surface area is 135 Å². The molecular weight excluding hydrogens is 298 g/mol. The van der Waals surface area contributed by atoms with E-state index in [0.29, 0.717) is 24.3 Å². The maximum Gasteiger partial charge on any atom is 0.257 e. The second kappa shape index (κ2) is 6.39. The zero-order valence-corrected chi connectivity index (χ0v) is 14.2. The summed E-state index contributed by atoms with van der Waals surface area (Å²) in [6, 6.07) is -0.642. The van der Waals surface area contributed by atoms with Crippen LogP contribution in [0, 0.1) is 6.92 Å². The minimum Gasteiger partial charge on any atom is -0.347 e. The fourth-order valence-electron chi connectivity index (χ4n) is 2.83. The van der Waals surface area contributed by atoms with E-state index in [-0.39, 0.29) is 24.3 Å². The quantitative estimate of drug-likeness (QED) is 0.735. The second-order valence-corrected chi connectivity index (χ2v) is 6.01. The summed E-state index contributed by atoms with van der Waals surface area (Å²) in [5, 5.41) is 4.18. The first-order chi connectivity index (χ1) is 10.7. The van der Waals surface area contributed by atoms with E-state index in [0.717, 1.165) is 0 Å². The third kappa shape index (κ3) is 3.35. The molecule has 2 heterocycles. The maximum atomic E-state index is 12.7. The number of piperazine rings is 1. The second-order valence-electron chi connectivity index (χ2n) is 6.01. The molecule has 1 saturated heterocycles. The van der Waals surface area contributed by atoms with Crippen LogP contribution in [0.1, 0.15) is 23.0 Å². The van der Waals surface area contributed by atoms with E-state index < -0.39 is 6.04 Å². The Morgan fingerprint density at radius 2 is 1.91 bits per heavy atom. The molecule has 1 aliphatic heterocycles. The van der Waals surface area contributed by atoms with Crippen molar-refractivity contribution in [1.82, 2.24) is 24.5 Å². The van der Waals surface area contributed by atoms with Crippen molar-refractivity contribution < 1.29 is 14.4 Å². The van der Waals surface area contributed by atoms with E-state index in [1.807, 2.05) is 0 Å². The Morgan fingerprint density at radius 3 is 2.39 bits per heavy atom. The fourth-order valence-corrected chi connectivity index (χ4v) is 2.83. The molecule has 1 atom stereocenters. The zero-order valence-electron chi connectivity index (χ0n) is 14.2. The molecule has 0 N–H and O–H groups in total. The van der Waals surface area contributed by atoms with Crippen molar-refractivity contribution in [2.24, 2.45) is 7.05 Å². The van der Waals surface area contributed by atoms with E-state index in [1.165, 1.54) is 16.7 Å². The molecule has 0 unspecified atom stereocenters. The Balaban J connectivity index is 2.23. The normalized spacial score (nSPS) is 18.0. The van der Waals surface area contributed by atoms with Crippen LogP contribution in [-0.2, 0) is 16.6 Å². The molecule has 2 rings (SSSR count). The molecule has 1 aromatic rings. The summed E-state index contributed by atoms with van der Waals surface area (Å²) in [5.74, 6) is -0.495. The molecule has 0 aliphatic carbocycles. The van der Waals surface area contributed by atoms with Gasteiger partial charge in [0.05, 0.1) is 17.8 Å². The first kappa shape index (κ1) is 17.0. The molecule has 0 spiro atoms. The van der Waals surface area contributed by atoms with Gasteiger partial charge in [0.1, 0.15) is 6.04 Å². The molecule has 0 bridgehead atoms. The van der Waals surface area contributed by atoms with Gasteiger partial charge in [-0.15, -0.1) is 0 Å². The summed E-state index contributed by atoms with van der Waals surface area (Å²) in [6.45, 7) is 4.18. The summed E-state index contributed by atoms with van der Waals surface area (Å²) >= 11 is 0. The number of carbonyl (C=O) groups is 3. The molecule has 1 fully saturated rings. The van der Waals surface area contributed by atoms with Crippen molar-refractivity contribution in [2.75, 3.05) is 33.7 Å². The Hall–Kier alpha value is -2.38. The van der Waals surface area contributed by atoms with Gasteiger partial charge in [-0.3, -0.25) is 19.1 Å². The van der Waals surface area contributed by atoms with E-state index in [9.17, 15) is 14.4 Å². The molecule has 3 amide bonds. The number of aryl methyl sites for hydroxylation is 2. The molecule has 8 heteroatoms. The summed E-state index contributed by atoms with van der Waals surface area (Å²) in [7, 11) is 5.05. The van der Waals surface area contributed by atoms with E-state index in [2.05, 4.69) is 5.10 Å². The molecular formula is C15H23N5O3. The molecule has 1 aromatic heterocycles. The Kier molecular flexibility index (Phi) is 4.72. The molecule has 0 aromatic carbocycles. The van der Waals surface area contributed by atoms with E-state index >= 15 is 0 Å². The van der Waals surface area contributed by atoms with Gasteiger partial charge in [0.2, 0.25) is 11.8 Å². The lowest BCUT2D eigenvalue weighted by molar-refractivity contribution is -0.146. The minimum atomic E-state index is -0.642. The highest BCUT2D eigenvalue weighted by Gasteiger charge is 2.37. The van der Waals surface area contributed by atoms with Gasteiger partial charge in [0.25, 0.3) is 5.91 Å². The summed E-state index contributed by atoms with van der Waals surface area (Å²) < 4.78 is 1.59. The van der Waals surface area contributed by atoms with Crippen molar-refractivity contribution in [3.63, 3.8) is 0 Å². The predicted molar refractivity (Wildman–Crippen MR) is 83.7 cm³/mol. The lowest BCUT2D eigenvalue weighted by atomic mass is 10.1. The van der Waals surface area contributed by atoms with Crippen molar-refractivity contribution >= 4 is 17.7 Å². The molecule has 126 valence electrons. The fraction of sp³-hybridized carbons (Fsp3) is 0.600. The molecule has 0 saturated carbocycles. The highest BCUT2D eigenvalue weighted by Crippen LogP contribution is 2.16. The van der Waals surface area contributed by atoms with E-state index in [1.54, 1.807) is 43.8 Å². The van der Waals surface area contributed by atoms with Gasteiger partial charge < -0.3 is 14.7 Å². The number of amides is 3. The SMILES string of the molecule is CC(=O)N1CCN(C(=O)c2cn(C)nc2C)C[C@@H]1C(=O)N(C)C. The maximum absolute atomic E-state index is 12.7. The van der Waals surface area contributed by atoms with Gasteiger partial charge in [-0.25, -0.2) is 0 Å². The monoisotopic (exact) mass is 321 g/mol. The van der Waals surface area contributed by atoms with E-state index in [4.69, 9.17) is 0 Å². The van der Waals surface area contributed by atoms with Crippen LogP contribution in [0.5, 0.6) is 0 Å². The van der Waals surface area contributed by atoms with Gasteiger partial charge in [0.15, 0.2) is 0 Å². The number of carbonyl (C=O) groups excluding carboxylic acids is 3. The third-order valence-electron chi connectivity index (χ3n) is 4.04. The van der Waals surface area contributed by atoms with Gasteiger partial charge in [-0.1, -0.05) is 0 Å². The van der Waals surface area contributed by atoms with Gasteiger partial charge in [-0.05, 0) is 6.92 Å². The van der Waals surface area contributed by atoms with Crippen molar-refractivity contribution in [2.45, 2.75) is 19.9 Å². The molecule has 1 aliphatic rings. The first-order valence-corrected chi connectivity index (χ1v) is 7.50. The standard InChI is InChI=1S/C15H23N5O3/c1-10-12(8-18(5)16-10)14(22)19-6-7-20(11(2)21)13(9-19)15(23)17(3)4/h8,13H,6-7,9H2,1-5H3/t13-/m1/s1. The van der Waals surface area contributed by atoms with Crippen LogP contribution >= 0.6 is 0 Å². The Bertz CT molecular complexity index is 637. The minimum absolute atomic E-state index is 0.157. The lowest BCUT2D eigenvalue weighted by Crippen LogP contribution is -2.61. The van der Waals surface area contributed by atoms with Crippen LogP contribution in [0.4, 0.5) is 0 Å². The average Bonchev–Trinajstić information content (AvgIpc) is 2.83. The van der Waals surface area contributed by atoms with Crippen LogP contribution in [0.15, 0.2) is 6.20 Å². The van der Waals surface area contributed by atoms with Crippen LogP contribution in [0.2, 0.25) is 0 Å². The topological polar surface area (TPSA) is 78.8 Å². The molecule has 8 nitrogen and oxygen atoms in total. The van der Waals surface area contributed by atoms with Crippen molar-refractivity contribution in [1.29, 1.82) is 0 Å². The number of nitrogens with zero attached hydrogens (tertiary/aromatic N) is 5. The summed E-state index contributed by atoms with van der Waals surface area (Å²) in [5.41, 5.74) is 1.18. The van der Waals surface area contributed by atoms with Gasteiger partial charge in [-0.2, -0.15) is 5.10 Å². The number of hydrogen-bond acceptors (Lipinski definition) is 4. The molecule has 0 radical (unpaired) electrons. The highest BCUT2D eigenvalue weighted by atomic mass is 16.2. The smallest absolute Gasteiger partial charge is 0.257 e. The van der Waals surface area contributed by atoms with Crippen molar-refractivity contribution in [3.05, 3.63) is 17.5 Å². The number of hydrogen-bond donors (Lipinski definition) is 0. The van der Waals surface area contributed by atoms with Gasteiger partial charge in [0, 0.05) is 47.4 Å². The van der Waals surface area contributed by atoms with Gasteiger partial charge >= 0.3 is 0 Å². The molecule has 23 heavy (non-hydrogen) atoms. The number of rotatable bonds is 2. The first-order valence-electron chi connectivity index (χ1n) is 7.50. The summed E-state index contributed by atoms with van der Waals surface area (Å²) in [6.07, 6.45) is 1.68. The zero-order chi connectivity index (χ0) is 17.3. The van der Waals surface area contributed by atoms with Crippen molar-refractivity contribution in [3.8, 4) is 0 Å². The third-order valence-corrected chi connectivity index (χ3v) is 4.04. The average molecular weight is 321 g/mol. The lowest BCUT2D eigenvalue weighted by Gasteiger charge is -2.40. The van der Waals surface area contributed by atoms with Crippen LogP contribution < -0.4 is 0 Å².